The summed E-state index contributed by atoms with van der Waals surface area (Å²) < 4.78 is 44.6. The summed E-state index contributed by atoms with van der Waals surface area (Å²) in [5.41, 5.74) is 5.29. The summed E-state index contributed by atoms with van der Waals surface area (Å²) in [7, 11) is 0. The van der Waals surface area contributed by atoms with Crippen molar-refractivity contribution in [1.29, 1.82) is 0 Å². The Labute approximate surface area is 322 Å². The van der Waals surface area contributed by atoms with Crippen molar-refractivity contribution in [2.24, 2.45) is 0 Å². The highest BCUT2D eigenvalue weighted by Crippen LogP contribution is 2.50. The number of hydrogen-bond acceptors (Lipinski definition) is 8. The van der Waals surface area contributed by atoms with Crippen LogP contribution in [-0.2, 0) is 35.9 Å². The summed E-state index contributed by atoms with van der Waals surface area (Å²) in [6.07, 6.45) is -3.54. The van der Waals surface area contributed by atoms with Gasteiger partial charge in [-0.15, -0.1) is 0 Å². The lowest BCUT2D eigenvalue weighted by Gasteiger charge is -2.39. The van der Waals surface area contributed by atoms with E-state index in [4.69, 9.17) is 33.2 Å². The summed E-state index contributed by atoms with van der Waals surface area (Å²) in [5.74, 6) is 2.58. The molecule has 1 N–H and O–H groups in total. The normalized spacial score (nSPS) is 16.7. The molecule has 1 unspecified atom stereocenters. The molecule has 0 saturated heterocycles. The van der Waals surface area contributed by atoms with Gasteiger partial charge in [0.2, 0.25) is 0 Å². The second-order valence-electron chi connectivity index (χ2n) is 13.2. The topological polar surface area (TPSA) is 84.8 Å². The monoisotopic (exact) mass is 738 g/mol. The molecule has 55 heavy (non-hydrogen) atoms. The second kappa shape index (κ2) is 18.5. The van der Waals surface area contributed by atoms with Gasteiger partial charge in [-0.1, -0.05) is 127 Å². The van der Waals surface area contributed by atoms with Crippen molar-refractivity contribution in [2.75, 3.05) is 6.61 Å². The minimum Gasteiger partial charge on any atom is -0.489 e. The molecule has 6 aromatic carbocycles. The molecule has 1 heterocycles. The molecular formula is C47H46O8. The zero-order chi connectivity index (χ0) is 37.8. The zero-order valence-corrected chi connectivity index (χ0v) is 31.1. The van der Waals surface area contributed by atoms with Gasteiger partial charge in [-0.25, -0.2) is 0 Å². The smallest absolute Gasteiger partial charge is 0.162 e. The van der Waals surface area contributed by atoms with Gasteiger partial charge in [0.05, 0.1) is 5.56 Å². The molecule has 1 aliphatic heterocycles. The Morgan fingerprint density at radius 2 is 1.05 bits per heavy atom. The molecular weight excluding hydrogens is 693 g/mol. The Hall–Kier alpha value is -5.80. The fourth-order valence-electron chi connectivity index (χ4n) is 6.47. The Kier molecular flexibility index (Phi) is 12.6. The van der Waals surface area contributed by atoms with Crippen LogP contribution in [0.5, 0.6) is 28.7 Å². The number of hydrogen-bond donors (Lipinski definition) is 1. The van der Waals surface area contributed by atoms with Crippen molar-refractivity contribution >= 4 is 0 Å². The van der Waals surface area contributed by atoms with E-state index in [0.717, 1.165) is 22.3 Å². The average Bonchev–Trinajstić information content (AvgIpc) is 3.23. The van der Waals surface area contributed by atoms with E-state index < -0.39 is 24.6 Å². The highest BCUT2D eigenvalue weighted by molar-refractivity contribution is 5.55. The summed E-state index contributed by atoms with van der Waals surface area (Å²) in [5, 5.41) is 12.2. The summed E-state index contributed by atoms with van der Waals surface area (Å²) in [6.45, 7) is 5.47. The van der Waals surface area contributed by atoms with E-state index in [2.05, 4.69) is 0 Å². The minimum absolute atomic E-state index is 0.287. The Balaban J connectivity index is 1.25. The largest absolute Gasteiger partial charge is 0.489 e. The van der Waals surface area contributed by atoms with Crippen LogP contribution in [0.1, 0.15) is 59.4 Å². The van der Waals surface area contributed by atoms with E-state index in [0.29, 0.717) is 66.3 Å². The molecule has 7 rings (SSSR count). The Morgan fingerprint density at radius 3 is 1.58 bits per heavy atom. The highest BCUT2D eigenvalue weighted by atomic mass is 16.7. The fourth-order valence-corrected chi connectivity index (χ4v) is 6.47. The number of fused-ring (bicyclic) bond motifs is 1. The lowest BCUT2D eigenvalue weighted by atomic mass is 9.91. The van der Waals surface area contributed by atoms with E-state index in [-0.39, 0.29) is 6.61 Å². The van der Waals surface area contributed by atoms with Gasteiger partial charge in [0, 0.05) is 18.7 Å². The van der Waals surface area contributed by atoms with Gasteiger partial charge in [0.1, 0.15) is 55.9 Å². The number of aliphatic hydroxyl groups is 1. The number of ether oxygens (including phenoxy) is 7. The van der Waals surface area contributed by atoms with Crippen LogP contribution in [0.3, 0.4) is 0 Å². The minimum atomic E-state index is -1.16. The van der Waals surface area contributed by atoms with E-state index in [9.17, 15) is 5.11 Å². The van der Waals surface area contributed by atoms with Crippen LogP contribution in [0.2, 0.25) is 0 Å². The quantitative estimate of drug-likeness (QED) is 0.0927. The van der Waals surface area contributed by atoms with Gasteiger partial charge in [0.15, 0.2) is 23.9 Å². The molecule has 0 radical (unpaired) electrons. The maximum atomic E-state index is 12.2. The van der Waals surface area contributed by atoms with E-state index in [1.807, 2.05) is 166 Å². The van der Waals surface area contributed by atoms with E-state index >= 15 is 0 Å². The van der Waals surface area contributed by atoms with Gasteiger partial charge < -0.3 is 38.3 Å². The van der Waals surface area contributed by atoms with Crippen molar-refractivity contribution in [3.8, 4) is 28.7 Å². The van der Waals surface area contributed by atoms with Gasteiger partial charge in [-0.3, -0.25) is 0 Å². The third-order valence-electron chi connectivity index (χ3n) is 9.23. The highest BCUT2D eigenvalue weighted by Gasteiger charge is 2.43. The molecule has 8 nitrogen and oxygen atoms in total. The molecule has 6 aromatic rings. The number of rotatable bonds is 17. The third-order valence-corrected chi connectivity index (χ3v) is 9.23. The van der Waals surface area contributed by atoms with Gasteiger partial charge in [-0.2, -0.15) is 0 Å². The van der Waals surface area contributed by atoms with Crippen molar-refractivity contribution < 1.29 is 38.3 Å². The molecule has 0 aliphatic carbocycles. The van der Waals surface area contributed by atoms with Gasteiger partial charge in [0.25, 0.3) is 0 Å². The Morgan fingerprint density at radius 1 is 0.564 bits per heavy atom. The summed E-state index contributed by atoms with van der Waals surface area (Å²) in [6, 6.07) is 49.0. The Bertz CT molecular complexity index is 2080. The summed E-state index contributed by atoms with van der Waals surface area (Å²) >= 11 is 0. The second-order valence-corrected chi connectivity index (χ2v) is 13.2. The lowest BCUT2D eigenvalue weighted by molar-refractivity contribution is -0.202. The van der Waals surface area contributed by atoms with Crippen LogP contribution in [0.15, 0.2) is 152 Å². The van der Waals surface area contributed by atoms with Crippen molar-refractivity contribution in [3.63, 3.8) is 0 Å². The van der Waals surface area contributed by atoms with E-state index in [1.165, 1.54) is 0 Å². The molecule has 0 amide bonds. The maximum absolute atomic E-state index is 12.2. The first-order chi connectivity index (χ1) is 27.0. The average molecular weight is 739 g/mol. The zero-order valence-electron chi connectivity index (χ0n) is 31.1. The van der Waals surface area contributed by atoms with Crippen molar-refractivity contribution in [2.45, 2.75) is 64.9 Å². The first-order valence-corrected chi connectivity index (χ1v) is 18.6. The molecule has 4 atom stereocenters. The first-order valence-electron chi connectivity index (χ1n) is 18.6. The standard InChI is InChI=1S/C47H46O8/c1-3-49-33(2)54-47-44-42(53-32-37-22-14-7-15-23-37)27-39(50-29-34-16-8-4-9-17-34)28-43(44)55-46(45(47)48)38-24-25-40(51-30-35-18-10-5-11-19-35)41(26-38)52-31-36-20-12-6-13-21-36/h4-28,33,45-48H,3,29-32H2,1-2H3/t33?,45-,46+,47-/m0/s1. The predicted molar refractivity (Wildman–Crippen MR) is 210 cm³/mol. The first kappa shape index (κ1) is 37.5. The van der Waals surface area contributed by atoms with Crippen LogP contribution < -0.4 is 23.7 Å². The molecule has 282 valence electrons. The molecule has 0 fully saturated rings. The van der Waals surface area contributed by atoms with E-state index in [1.54, 1.807) is 0 Å². The van der Waals surface area contributed by atoms with Gasteiger partial charge >= 0.3 is 0 Å². The number of aliphatic hydroxyl groups excluding tert-OH is 1. The molecule has 0 saturated carbocycles. The van der Waals surface area contributed by atoms with Crippen LogP contribution in [-0.4, -0.2) is 24.1 Å². The van der Waals surface area contributed by atoms with Crippen LogP contribution in [0.25, 0.3) is 0 Å². The van der Waals surface area contributed by atoms with Gasteiger partial charge in [-0.05, 0) is 53.8 Å². The summed E-state index contributed by atoms with van der Waals surface area (Å²) in [4.78, 5) is 0. The molecule has 0 bridgehead atoms. The maximum Gasteiger partial charge on any atom is 0.162 e. The molecule has 0 spiro atoms. The van der Waals surface area contributed by atoms with Crippen molar-refractivity contribution in [1.82, 2.24) is 0 Å². The predicted octanol–water partition coefficient (Wildman–Crippen LogP) is 9.94. The van der Waals surface area contributed by atoms with Crippen LogP contribution >= 0.6 is 0 Å². The fraction of sp³-hybridized carbons (Fsp3) is 0.234. The third kappa shape index (κ3) is 9.85. The van der Waals surface area contributed by atoms with Crippen LogP contribution in [0, 0.1) is 0 Å². The molecule has 1 aliphatic rings. The lowest BCUT2D eigenvalue weighted by Crippen LogP contribution is -2.38. The molecule has 0 aromatic heterocycles. The van der Waals surface area contributed by atoms with Crippen molar-refractivity contribution in [3.05, 3.63) is 185 Å². The number of benzene rings is 6. The van der Waals surface area contributed by atoms with Crippen LogP contribution in [0.4, 0.5) is 0 Å². The SMILES string of the molecule is CCOC(C)O[C@H]1c2c(OCc3ccccc3)cc(OCc3ccccc3)cc2O[C@H](c2ccc(OCc3ccccc3)c(OCc3ccccc3)c2)[C@@H]1O. The molecule has 8 heteroatoms.